The van der Waals surface area contributed by atoms with Crippen LogP contribution in [0.4, 0.5) is 16.0 Å². The number of nitrogens with two attached hydrogens (primary N) is 1. The van der Waals surface area contributed by atoms with Gasteiger partial charge in [0.05, 0.1) is 27.8 Å². The van der Waals surface area contributed by atoms with E-state index in [1.807, 2.05) is 43.3 Å². The molecule has 5 rings (SSSR count). The molecule has 38 heavy (non-hydrogen) atoms. The van der Waals surface area contributed by atoms with Gasteiger partial charge in [0.2, 0.25) is 0 Å². The van der Waals surface area contributed by atoms with Gasteiger partial charge in [0.25, 0.3) is 5.56 Å². The second-order valence-corrected chi connectivity index (χ2v) is 8.77. The number of fused-ring (bicyclic) bond motifs is 1. The summed E-state index contributed by atoms with van der Waals surface area (Å²) in [6, 6.07) is 15.6. The number of benzene rings is 2. The lowest BCUT2D eigenvalue weighted by atomic mass is 10.1. The van der Waals surface area contributed by atoms with Gasteiger partial charge in [0.1, 0.15) is 40.9 Å². The number of rotatable bonds is 5. The third kappa shape index (κ3) is 5.03. The Morgan fingerprint density at radius 1 is 1.05 bits per heavy atom. The standard InChI is InChI=1S/C28H21ClFN7O/c1-17-7-12-22(29)24-25(17)36-23(37(28(24)38)20-5-3-2-4-6-20)13-14-32-27-21(26(31)34-16-35-27)11-10-19-9-8-18(30)15-33-19/h2-9,12,15-16H,13-14H2,1H3,(H3,31,32,34,35). The van der Waals surface area contributed by atoms with Gasteiger partial charge in [0.15, 0.2) is 0 Å². The van der Waals surface area contributed by atoms with E-state index in [0.29, 0.717) is 57.5 Å². The lowest BCUT2D eigenvalue weighted by Crippen LogP contribution is -2.26. The Morgan fingerprint density at radius 3 is 2.63 bits per heavy atom. The summed E-state index contributed by atoms with van der Waals surface area (Å²) < 4.78 is 14.7. The highest BCUT2D eigenvalue weighted by atomic mass is 35.5. The fourth-order valence-corrected chi connectivity index (χ4v) is 4.20. The van der Waals surface area contributed by atoms with Crippen molar-refractivity contribution in [2.75, 3.05) is 17.6 Å². The van der Waals surface area contributed by atoms with Crippen molar-refractivity contribution in [3.63, 3.8) is 0 Å². The van der Waals surface area contributed by atoms with E-state index in [4.69, 9.17) is 22.3 Å². The summed E-state index contributed by atoms with van der Waals surface area (Å²) in [5.41, 5.74) is 8.68. The van der Waals surface area contributed by atoms with Gasteiger partial charge in [-0.2, -0.15) is 0 Å². The summed E-state index contributed by atoms with van der Waals surface area (Å²) in [7, 11) is 0. The maximum atomic E-state index is 13.6. The Balaban J connectivity index is 1.48. The van der Waals surface area contributed by atoms with Crippen molar-refractivity contribution in [1.82, 2.24) is 24.5 Å². The van der Waals surface area contributed by atoms with Crippen molar-refractivity contribution in [3.8, 4) is 17.5 Å². The van der Waals surface area contributed by atoms with Crippen LogP contribution in [-0.4, -0.2) is 31.0 Å². The molecule has 3 N–H and O–H groups in total. The predicted molar refractivity (Wildman–Crippen MR) is 146 cm³/mol. The molecular weight excluding hydrogens is 505 g/mol. The molecule has 0 fully saturated rings. The minimum absolute atomic E-state index is 0.187. The number of anilines is 2. The van der Waals surface area contributed by atoms with E-state index in [9.17, 15) is 9.18 Å². The summed E-state index contributed by atoms with van der Waals surface area (Å²) in [4.78, 5) is 30.7. The van der Waals surface area contributed by atoms with Gasteiger partial charge in [-0.3, -0.25) is 9.36 Å². The normalized spacial score (nSPS) is 10.7. The van der Waals surface area contributed by atoms with Crippen LogP contribution < -0.4 is 16.6 Å². The average Bonchev–Trinajstić information content (AvgIpc) is 2.92. The van der Waals surface area contributed by atoms with E-state index in [2.05, 4.69) is 32.1 Å². The molecule has 0 saturated carbocycles. The largest absolute Gasteiger partial charge is 0.382 e. The number of nitrogens with one attached hydrogen (secondary N) is 1. The number of aromatic nitrogens is 5. The molecule has 0 saturated heterocycles. The molecule has 0 atom stereocenters. The Kier molecular flexibility index (Phi) is 6.98. The van der Waals surface area contributed by atoms with Gasteiger partial charge < -0.3 is 11.1 Å². The van der Waals surface area contributed by atoms with E-state index in [1.165, 1.54) is 18.5 Å². The topological polar surface area (TPSA) is 112 Å². The van der Waals surface area contributed by atoms with Crippen molar-refractivity contribution in [3.05, 3.63) is 111 Å². The number of nitrogens with zero attached hydrogens (tertiary/aromatic N) is 5. The highest BCUT2D eigenvalue weighted by molar-refractivity contribution is 6.35. The maximum absolute atomic E-state index is 13.6. The third-order valence-electron chi connectivity index (χ3n) is 5.82. The first-order valence-corrected chi connectivity index (χ1v) is 12.0. The van der Waals surface area contributed by atoms with E-state index < -0.39 is 5.82 Å². The fraction of sp³-hybridized carbons (Fsp3) is 0.107. The fourth-order valence-electron chi connectivity index (χ4n) is 3.96. The molecule has 0 aliphatic heterocycles. The SMILES string of the molecule is Cc1ccc(Cl)c2c(=O)n(-c3ccccc3)c(CCNc3ncnc(N)c3C#Cc3ccc(F)cn3)nc12. The van der Waals surface area contributed by atoms with Gasteiger partial charge in [0, 0.05) is 13.0 Å². The predicted octanol–water partition coefficient (Wildman–Crippen LogP) is 4.31. The van der Waals surface area contributed by atoms with E-state index >= 15 is 0 Å². The second kappa shape index (κ2) is 10.7. The number of pyridine rings is 1. The van der Waals surface area contributed by atoms with Crippen LogP contribution in [0.25, 0.3) is 16.6 Å². The Labute approximate surface area is 222 Å². The van der Waals surface area contributed by atoms with E-state index in [-0.39, 0.29) is 11.4 Å². The lowest BCUT2D eigenvalue weighted by Gasteiger charge is -2.16. The minimum atomic E-state index is -0.450. The third-order valence-corrected chi connectivity index (χ3v) is 6.13. The maximum Gasteiger partial charge on any atom is 0.267 e. The van der Waals surface area contributed by atoms with Gasteiger partial charge in [-0.05, 0) is 48.7 Å². The number of para-hydroxylation sites is 1. The van der Waals surface area contributed by atoms with Crippen LogP contribution in [0.1, 0.15) is 22.6 Å². The van der Waals surface area contributed by atoms with Crippen LogP contribution in [0.2, 0.25) is 5.02 Å². The number of halogens is 2. The summed E-state index contributed by atoms with van der Waals surface area (Å²) in [6.07, 6.45) is 2.80. The smallest absolute Gasteiger partial charge is 0.267 e. The highest BCUT2D eigenvalue weighted by Gasteiger charge is 2.17. The molecule has 188 valence electrons. The Bertz CT molecular complexity index is 1760. The zero-order chi connectivity index (χ0) is 26.6. The first kappa shape index (κ1) is 24.9. The van der Waals surface area contributed by atoms with E-state index in [1.54, 1.807) is 10.6 Å². The molecule has 0 radical (unpaired) electrons. The molecule has 0 aliphatic rings. The molecule has 0 aliphatic carbocycles. The van der Waals surface area contributed by atoms with Gasteiger partial charge in [-0.1, -0.05) is 41.8 Å². The molecule has 2 aromatic carbocycles. The monoisotopic (exact) mass is 525 g/mol. The highest BCUT2D eigenvalue weighted by Crippen LogP contribution is 2.24. The van der Waals surface area contributed by atoms with Crippen molar-refractivity contribution in [2.45, 2.75) is 13.3 Å². The van der Waals surface area contributed by atoms with Crippen molar-refractivity contribution in [1.29, 1.82) is 0 Å². The number of hydrogen-bond acceptors (Lipinski definition) is 7. The molecule has 10 heteroatoms. The molecule has 0 unspecified atom stereocenters. The zero-order valence-electron chi connectivity index (χ0n) is 20.2. The Hall–Kier alpha value is -4.81. The summed E-state index contributed by atoms with van der Waals surface area (Å²) in [6.45, 7) is 2.26. The first-order valence-electron chi connectivity index (χ1n) is 11.7. The van der Waals surface area contributed by atoms with Crippen LogP contribution in [-0.2, 0) is 6.42 Å². The molecule has 3 aromatic heterocycles. The molecule has 0 amide bonds. The number of nitrogen functional groups attached to an aromatic ring is 1. The van der Waals surface area contributed by atoms with Crippen LogP contribution in [0, 0.1) is 24.6 Å². The van der Waals surface area contributed by atoms with Gasteiger partial charge in [-0.25, -0.2) is 24.3 Å². The summed E-state index contributed by atoms with van der Waals surface area (Å²) >= 11 is 6.42. The molecular formula is C28H21ClFN7O. The quantitative estimate of drug-likeness (QED) is 0.329. The number of hydrogen-bond donors (Lipinski definition) is 2. The van der Waals surface area contributed by atoms with Gasteiger partial charge in [-0.15, -0.1) is 0 Å². The number of aryl methyl sites for hydroxylation is 1. The average molecular weight is 526 g/mol. The van der Waals surface area contributed by atoms with E-state index in [0.717, 1.165) is 11.8 Å². The van der Waals surface area contributed by atoms with Crippen LogP contribution in [0.5, 0.6) is 0 Å². The van der Waals surface area contributed by atoms with Crippen LogP contribution in [0.3, 0.4) is 0 Å². The lowest BCUT2D eigenvalue weighted by molar-refractivity contribution is 0.621. The molecule has 0 bridgehead atoms. The van der Waals surface area contributed by atoms with Crippen molar-refractivity contribution >= 4 is 34.1 Å². The van der Waals surface area contributed by atoms with Crippen molar-refractivity contribution in [2.24, 2.45) is 0 Å². The molecule has 5 aromatic rings. The van der Waals surface area contributed by atoms with Crippen LogP contribution >= 0.6 is 11.6 Å². The Morgan fingerprint density at radius 2 is 1.87 bits per heavy atom. The van der Waals surface area contributed by atoms with Crippen LogP contribution in [0.15, 0.2) is 71.9 Å². The molecule has 8 nitrogen and oxygen atoms in total. The molecule has 3 heterocycles. The summed E-state index contributed by atoms with van der Waals surface area (Å²) in [5, 5.41) is 3.96. The van der Waals surface area contributed by atoms with Gasteiger partial charge >= 0.3 is 0 Å². The zero-order valence-corrected chi connectivity index (χ0v) is 21.0. The van der Waals surface area contributed by atoms with Crippen molar-refractivity contribution < 1.29 is 4.39 Å². The summed E-state index contributed by atoms with van der Waals surface area (Å²) in [5.74, 6) is 6.47. The second-order valence-electron chi connectivity index (χ2n) is 8.36. The minimum Gasteiger partial charge on any atom is -0.382 e. The first-order chi connectivity index (χ1) is 18.4. The molecule has 0 spiro atoms.